The fourth-order valence-electron chi connectivity index (χ4n) is 2.93. The van der Waals surface area contributed by atoms with Crippen LogP contribution in [0.3, 0.4) is 0 Å². The standard InChI is InChI=1S/C20H14ClN3O3/c21-15-7-5-14(6-8-15)18(25)13-3-1-12(2-4-13)11-24-20(27)16-9-10-22-17(16)19(26)23-24/h1-10,22H,11H2,(H,23,26). The molecule has 0 aliphatic heterocycles. The van der Waals surface area contributed by atoms with E-state index in [1.165, 1.54) is 4.68 Å². The zero-order valence-electron chi connectivity index (χ0n) is 14.0. The number of benzene rings is 2. The molecule has 0 fully saturated rings. The average Bonchev–Trinajstić information content (AvgIpc) is 3.17. The van der Waals surface area contributed by atoms with Crippen molar-refractivity contribution in [2.45, 2.75) is 6.54 Å². The molecule has 0 radical (unpaired) electrons. The summed E-state index contributed by atoms with van der Waals surface area (Å²) in [4.78, 5) is 39.7. The van der Waals surface area contributed by atoms with Crippen LogP contribution in [-0.2, 0) is 6.54 Å². The second-order valence-electron chi connectivity index (χ2n) is 6.13. The zero-order chi connectivity index (χ0) is 19.0. The molecule has 134 valence electrons. The topological polar surface area (TPSA) is 87.7 Å². The summed E-state index contributed by atoms with van der Waals surface area (Å²) in [5, 5.41) is 3.47. The van der Waals surface area contributed by atoms with Crippen LogP contribution in [-0.4, -0.2) is 20.5 Å². The molecule has 0 saturated carbocycles. The van der Waals surface area contributed by atoms with Crippen LogP contribution in [0.2, 0.25) is 5.02 Å². The second-order valence-corrected chi connectivity index (χ2v) is 6.57. The molecule has 0 saturated heterocycles. The number of nitrogens with one attached hydrogen (secondary N) is 2. The normalized spacial score (nSPS) is 11.0. The number of carbonyl (C=O) groups is 1. The van der Waals surface area contributed by atoms with Crippen molar-refractivity contribution < 1.29 is 4.79 Å². The van der Waals surface area contributed by atoms with Gasteiger partial charge in [0.25, 0.3) is 11.1 Å². The minimum absolute atomic E-state index is 0.113. The minimum atomic E-state index is -0.357. The Balaban J connectivity index is 1.61. The number of fused-ring (bicyclic) bond motifs is 1. The first kappa shape index (κ1) is 17.1. The molecule has 2 aromatic carbocycles. The van der Waals surface area contributed by atoms with E-state index < -0.39 is 0 Å². The molecular weight excluding hydrogens is 366 g/mol. The van der Waals surface area contributed by atoms with Crippen molar-refractivity contribution in [2.75, 3.05) is 0 Å². The van der Waals surface area contributed by atoms with E-state index in [2.05, 4.69) is 10.1 Å². The lowest BCUT2D eigenvalue weighted by molar-refractivity contribution is 0.103. The summed E-state index contributed by atoms with van der Waals surface area (Å²) in [5.74, 6) is -0.113. The second kappa shape index (κ2) is 6.74. The van der Waals surface area contributed by atoms with Crippen LogP contribution >= 0.6 is 11.6 Å². The number of ketones is 1. The molecule has 0 amide bonds. The third kappa shape index (κ3) is 3.22. The van der Waals surface area contributed by atoms with E-state index in [0.29, 0.717) is 21.5 Å². The van der Waals surface area contributed by atoms with Gasteiger partial charge in [-0.15, -0.1) is 0 Å². The third-order valence-electron chi connectivity index (χ3n) is 4.35. The van der Waals surface area contributed by atoms with Gasteiger partial charge in [-0.05, 0) is 35.9 Å². The highest BCUT2D eigenvalue weighted by Gasteiger charge is 2.11. The Morgan fingerprint density at radius 2 is 1.56 bits per heavy atom. The van der Waals surface area contributed by atoms with Gasteiger partial charge in [-0.2, -0.15) is 0 Å². The van der Waals surface area contributed by atoms with E-state index in [1.807, 2.05) is 0 Å². The van der Waals surface area contributed by atoms with Gasteiger partial charge >= 0.3 is 0 Å². The van der Waals surface area contributed by atoms with E-state index in [9.17, 15) is 14.4 Å². The van der Waals surface area contributed by atoms with Crippen LogP contribution in [0.25, 0.3) is 10.9 Å². The number of nitrogens with zero attached hydrogens (tertiary/aromatic N) is 1. The molecule has 4 aromatic rings. The van der Waals surface area contributed by atoms with Crippen LogP contribution in [0.1, 0.15) is 21.5 Å². The van der Waals surface area contributed by atoms with Crippen LogP contribution in [0.15, 0.2) is 70.4 Å². The van der Waals surface area contributed by atoms with Crippen LogP contribution in [0.5, 0.6) is 0 Å². The summed E-state index contributed by atoms with van der Waals surface area (Å²) in [6, 6.07) is 15.2. The molecule has 2 aromatic heterocycles. The SMILES string of the molecule is O=C(c1ccc(Cl)cc1)c1ccc(Cn2[nH]c(=O)c3[nH]ccc3c2=O)cc1. The van der Waals surface area contributed by atoms with Gasteiger partial charge < -0.3 is 4.98 Å². The van der Waals surface area contributed by atoms with Crippen molar-refractivity contribution >= 4 is 28.3 Å². The fourth-order valence-corrected chi connectivity index (χ4v) is 3.06. The summed E-state index contributed by atoms with van der Waals surface area (Å²) in [6.45, 7) is 0.199. The highest BCUT2D eigenvalue weighted by atomic mass is 35.5. The number of aromatic amines is 2. The van der Waals surface area contributed by atoms with Crippen molar-refractivity contribution in [1.29, 1.82) is 0 Å². The first-order valence-electron chi connectivity index (χ1n) is 8.22. The van der Waals surface area contributed by atoms with Crippen molar-refractivity contribution in [3.05, 3.63) is 103 Å². The summed E-state index contributed by atoms with van der Waals surface area (Å²) >= 11 is 5.85. The molecule has 27 heavy (non-hydrogen) atoms. The Kier molecular flexibility index (Phi) is 4.25. The monoisotopic (exact) mass is 379 g/mol. The van der Waals surface area contributed by atoms with E-state index >= 15 is 0 Å². The Hall–Kier alpha value is -3.38. The number of H-pyrrole nitrogens is 2. The van der Waals surface area contributed by atoms with Crippen LogP contribution in [0.4, 0.5) is 0 Å². The average molecular weight is 380 g/mol. The largest absolute Gasteiger partial charge is 0.356 e. The number of hydrogen-bond acceptors (Lipinski definition) is 3. The maximum Gasteiger partial charge on any atom is 0.287 e. The summed E-state index contributed by atoms with van der Waals surface area (Å²) in [6.07, 6.45) is 1.56. The number of aromatic nitrogens is 3. The predicted molar refractivity (Wildman–Crippen MR) is 104 cm³/mol. The molecule has 0 aliphatic carbocycles. The van der Waals surface area contributed by atoms with Gasteiger partial charge in [-0.1, -0.05) is 35.9 Å². The molecule has 0 aliphatic rings. The Bertz CT molecular complexity index is 1250. The number of halogens is 1. The van der Waals surface area contributed by atoms with E-state index in [-0.39, 0.29) is 29.0 Å². The maximum absolute atomic E-state index is 12.5. The van der Waals surface area contributed by atoms with Gasteiger partial charge in [0.05, 0.1) is 11.9 Å². The van der Waals surface area contributed by atoms with Gasteiger partial charge in [-0.3, -0.25) is 19.5 Å². The number of carbonyl (C=O) groups excluding carboxylic acids is 1. The molecule has 6 nitrogen and oxygen atoms in total. The van der Waals surface area contributed by atoms with Gasteiger partial charge in [0.15, 0.2) is 5.78 Å². The van der Waals surface area contributed by atoms with Gasteiger partial charge in [0.1, 0.15) is 5.52 Å². The fraction of sp³-hybridized carbons (Fsp3) is 0.0500. The maximum atomic E-state index is 12.5. The Morgan fingerprint density at radius 1 is 0.926 bits per heavy atom. The number of rotatable bonds is 4. The predicted octanol–water partition coefficient (Wildman–Crippen LogP) is 2.95. The van der Waals surface area contributed by atoms with Crippen LogP contribution in [0, 0.1) is 0 Å². The van der Waals surface area contributed by atoms with Gasteiger partial charge in [0.2, 0.25) is 0 Å². The first-order chi connectivity index (χ1) is 13.0. The molecule has 2 N–H and O–H groups in total. The molecule has 4 rings (SSSR count). The molecule has 0 unspecified atom stereocenters. The molecular formula is C20H14ClN3O3. The van der Waals surface area contributed by atoms with Crippen molar-refractivity contribution in [3.8, 4) is 0 Å². The molecule has 2 heterocycles. The van der Waals surface area contributed by atoms with Gasteiger partial charge in [0, 0.05) is 22.3 Å². The molecule has 7 heteroatoms. The van der Waals surface area contributed by atoms with E-state index in [0.717, 1.165) is 5.56 Å². The molecule has 0 bridgehead atoms. The highest BCUT2D eigenvalue weighted by molar-refractivity contribution is 6.30. The van der Waals surface area contributed by atoms with E-state index in [1.54, 1.807) is 60.8 Å². The lowest BCUT2D eigenvalue weighted by Crippen LogP contribution is -2.29. The summed E-state index contributed by atoms with van der Waals surface area (Å²) in [7, 11) is 0. The number of hydrogen-bond donors (Lipinski definition) is 2. The molecule has 0 atom stereocenters. The Labute approximate surface area is 158 Å². The Morgan fingerprint density at radius 3 is 2.22 bits per heavy atom. The lowest BCUT2D eigenvalue weighted by atomic mass is 10.0. The highest BCUT2D eigenvalue weighted by Crippen LogP contribution is 2.15. The van der Waals surface area contributed by atoms with Crippen molar-refractivity contribution in [1.82, 2.24) is 14.8 Å². The third-order valence-corrected chi connectivity index (χ3v) is 4.60. The zero-order valence-corrected chi connectivity index (χ0v) is 14.8. The molecule has 0 spiro atoms. The lowest BCUT2D eigenvalue weighted by Gasteiger charge is -2.07. The summed E-state index contributed by atoms with van der Waals surface area (Å²) < 4.78 is 1.26. The van der Waals surface area contributed by atoms with Gasteiger partial charge in [-0.25, -0.2) is 4.68 Å². The summed E-state index contributed by atoms with van der Waals surface area (Å²) in [5.41, 5.74) is 1.49. The van der Waals surface area contributed by atoms with Crippen LogP contribution < -0.4 is 11.1 Å². The smallest absolute Gasteiger partial charge is 0.287 e. The van der Waals surface area contributed by atoms with Crippen molar-refractivity contribution in [2.24, 2.45) is 0 Å². The quantitative estimate of drug-likeness (QED) is 0.534. The van der Waals surface area contributed by atoms with Crippen molar-refractivity contribution in [3.63, 3.8) is 0 Å². The van der Waals surface area contributed by atoms with E-state index in [4.69, 9.17) is 11.6 Å². The first-order valence-corrected chi connectivity index (χ1v) is 8.60. The minimum Gasteiger partial charge on any atom is -0.356 e.